The standard InChI is InChI=1S/C12H7BrFNO3/c13-9-5-7(14)1-2-11(9)18-10-3-4-15-6-8(10)12(16)17/h1-6H,(H,16,17). The lowest BCUT2D eigenvalue weighted by Gasteiger charge is -2.09. The van der Waals surface area contributed by atoms with Gasteiger partial charge in [-0.3, -0.25) is 4.98 Å². The first-order valence-corrected chi connectivity index (χ1v) is 5.67. The van der Waals surface area contributed by atoms with Gasteiger partial charge in [0.25, 0.3) is 0 Å². The van der Waals surface area contributed by atoms with Crippen LogP contribution in [0.2, 0.25) is 0 Å². The summed E-state index contributed by atoms with van der Waals surface area (Å²) in [7, 11) is 0. The number of nitrogens with zero attached hydrogens (tertiary/aromatic N) is 1. The van der Waals surface area contributed by atoms with E-state index in [1.54, 1.807) is 0 Å². The normalized spacial score (nSPS) is 10.1. The molecule has 2 rings (SSSR count). The summed E-state index contributed by atoms with van der Waals surface area (Å²) in [5, 5.41) is 8.97. The zero-order valence-corrected chi connectivity index (χ0v) is 10.5. The summed E-state index contributed by atoms with van der Waals surface area (Å²) in [4.78, 5) is 14.7. The second-order valence-corrected chi connectivity index (χ2v) is 4.21. The number of ether oxygens (including phenoxy) is 1. The van der Waals surface area contributed by atoms with E-state index in [0.29, 0.717) is 10.2 Å². The van der Waals surface area contributed by atoms with Gasteiger partial charge in [0.15, 0.2) is 0 Å². The number of aromatic carboxylic acids is 1. The summed E-state index contributed by atoms with van der Waals surface area (Å²) in [6, 6.07) is 5.30. The molecule has 2 aromatic rings. The van der Waals surface area contributed by atoms with Gasteiger partial charge in [-0.15, -0.1) is 0 Å². The summed E-state index contributed by atoms with van der Waals surface area (Å²) in [5.41, 5.74) is -0.0614. The van der Waals surface area contributed by atoms with E-state index < -0.39 is 11.8 Å². The quantitative estimate of drug-likeness (QED) is 0.943. The van der Waals surface area contributed by atoms with Crippen LogP contribution in [-0.4, -0.2) is 16.1 Å². The van der Waals surface area contributed by atoms with Crippen molar-refractivity contribution in [3.8, 4) is 11.5 Å². The highest BCUT2D eigenvalue weighted by molar-refractivity contribution is 9.10. The SMILES string of the molecule is O=C(O)c1cnccc1Oc1ccc(F)cc1Br. The van der Waals surface area contributed by atoms with Crippen LogP contribution in [0, 0.1) is 5.82 Å². The van der Waals surface area contributed by atoms with Crippen LogP contribution in [0.1, 0.15) is 10.4 Å². The van der Waals surface area contributed by atoms with Gasteiger partial charge in [0, 0.05) is 18.5 Å². The van der Waals surface area contributed by atoms with Crippen LogP contribution in [-0.2, 0) is 0 Å². The number of rotatable bonds is 3. The number of carboxylic acid groups (broad SMARTS) is 1. The molecule has 0 unspecified atom stereocenters. The molecule has 0 radical (unpaired) electrons. The Hall–Kier alpha value is -1.95. The van der Waals surface area contributed by atoms with Crippen molar-refractivity contribution >= 4 is 21.9 Å². The second-order valence-electron chi connectivity index (χ2n) is 3.35. The summed E-state index contributed by atoms with van der Waals surface area (Å²) in [6.45, 7) is 0. The van der Waals surface area contributed by atoms with E-state index in [0.717, 1.165) is 0 Å². The van der Waals surface area contributed by atoms with E-state index in [1.807, 2.05) is 0 Å². The fraction of sp³-hybridized carbons (Fsp3) is 0. The molecule has 1 aromatic carbocycles. The van der Waals surface area contributed by atoms with Gasteiger partial charge in [0.2, 0.25) is 0 Å². The molecule has 0 spiro atoms. The molecule has 0 saturated heterocycles. The molecule has 0 atom stereocenters. The fourth-order valence-electron chi connectivity index (χ4n) is 1.31. The molecule has 0 aliphatic rings. The minimum atomic E-state index is -1.14. The maximum absolute atomic E-state index is 12.9. The summed E-state index contributed by atoms with van der Waals surface area (Å²) < 4.78 is 18.7. The first-order chi connectivity index (χ1) is 8.58. The van der Waals surface area contributed by atoms with Crippen molar-refractivity contribution in [2.45, 2.75) is 0 Å². The summed E-state index contributed by atoms with van der Waals surface area (Å²) in [6.07, 6.45) is 2.61. The predicted octanol–water partition coefficient (Wildman–Crippen LogP) is 3.47. The number of aromatic nitrogens is 1. The van der Waals surface area contributed by atoms with Gasteiger partial charge in [-0.05, 0) is 34.1 Å². The Kier molecular flexibility index (Phi) is 3.57. The molecule has 4 nitrogen and oxygen atoms in total. The average molecular weight is 312 g/mol. The Balaban J connectivity index is 2.37. The van der Waals surface area contributed by atoms with E-state index in [4.69, 9.17) is 9.84 Å². The van der Waals surface area contributed by atoms with E-state index >= 15 is 0 Å². The molecule has 0 bridgehead atoms. The molecular formula is C12H7BrFNO3. The van der Waals surface area contributed by atoms with Crippen molar-refractivity contribution < 1.29 is 19.0 Å². The monoisotopic (exact) mass is 311 g/mol. The van der Waals surface area contributed by atoms with Gasteiger partial charge in [-0.2, -0.15) is 0 Å². The lowest BCUT2D eigenvalue weighted by molar-refractivity contribution is 0.0693. The Morgan fingerprint density at radius 1 is 1.33 bits per heavy atom. The summed E-state index contributed by atoms with van der Waals surface area (Å²) in [5.74, 6) is -1.09. The van der Waals surface area contributed by atoms with Crippen LogP contribution in [0.5, 0.6) is 11.5 Å². The lowest BCUT2D eigenvalue weighted by atomic mass is 10.2. The summed E-state index contributed by atoms with van der Waals surface area (Å²) >= 11 is 3.14. The van der Waals surface area contributed by atoms with Gasteiger partial charge in [0.05, 0.1) is 4.47 Å². The Bertz CT molecular complexity index is 604. The zero-order chi connectivity index (χ0) is 13.1. The highest BCUT2D eigenvalue weighted by atomic mass is 79.9. The molecule has 0 amide bonds. The van der Waals surface area contributed by atoms with Gasteiger partial charge in [-0.1, -0.05) is 0 Å². The van der Waals surface area contributed by atoms with Gasteiger partial charge in [-0.25, -0.2) is 9.18 Å². The molecule has 6 heteroatoms. The Morgan fingerprint density at radius 2 is 2.11 bits per heavy atom. The van der Waals surface area contributed by atoms with Gasteiger partial charge in [0.1, 0.15) is 22.9 Å². The third-order valence-corrected chi connectivity index (χ3v) is 2.75. The molecule has 0 aliphatic carbocycles. The highest BCUT2D eigenvalue weighted by Gasteiger charge is 2.13. The minimum absolute atomic E-state index is 0.0614. The topological polar surface area (TPSA) is 59.4 Å². The number of benzene rings is 1. The molecule has 0 saturated carbocycles. The predicted molar refractivity (Wildman–Crippen MR) is 65.4 cm³/mol. The van der Waals surface area contributed by atoms with Crippen molar-refractivity contribution in [3.05, 3.63) is 52.5 Å². The van der Waals surface area contributed by atoms with Crippen LogP contribution in [0.4, 0.5) is 4.39 Å². The zero-order valence-electron chi connectivity index (χ0n) is 8.93. The maximum Gasteiger partial charge on any atom is 0.341 e. The van der Waals surface area contributed by atoms with E-state index in [2.05, 4.69) is 20.9 Å². The van der Waals surface area contributed by atoms with E-state index in [1.165, 1.54) is 36.7 Å². The fourth-order valence-corrected chi connectivity index (χ4v) is 1.74. The minimum Gasteiger partial charge on any atom is -0.477 e. The van der Waals surface area contributed by atoms with Crippen molar-refractivity contribution in [3.63, 3.8) is 0 Å². The number of carbonyl (C=O) groups is 1. The molecule has 1 aromatic heterocycles. The van der Waals surface area contributed by atoms with Gasteiger partial charge < -0.3 is 9.84 Å². The largest absolute Gasteiger partial charge is 0.477 e. The van der Waals surface area contributed by atoms with Crippen molar-refractivity contribution in [2.24, 2.45) is 0 Å². The van der Waals surface area contributed by atoms with E-state index in [-0.39, 0.29) is 11.3 Å². The number of halogens is 2. The second kappa shape index (κ2) is 5.14. The molecule has 0 fully saturated rings. The molecule has 92 valence electrons. The van der Waals surface area contributed by atoms with E-state index in [9.17, 15) is 9.18 Å². The Labute approximate surface area is 110 Å². The lowest BCUT2D eigenvalue weighted by Crippen LogP contribution is -2.00. The molecular weight excluding hydrogens is 305 g/mol. The first kappa shape index (κ1) is 12.5. The number of hydrogen-bond donors (Lipinski definition) is 1. The van der Waals surface area contributed by atoms with Crippen molar-refractivity contribution in [1.82, 2.24) is 4.98 Å². The van der Waals surface area contributed by atoms with Crippen LogP contribution >= 0.6 is 15.9 Å². The third kappa shape index (κ3) is 2.65. The Morgan fingerprint density at radius 3 is 2.78 bits per heavy atom. The number of hydrogen-bond acceptors (Lipinski definition) is 3. The highest BCUT2D eigenvalue weighted by Crippen LogP contribution is 2.31. The smallest absolute Gasteiger partial charge is 0.341 e. The third-order valence-electron chi connectivity index (χ3n) is 2.13. The number of pyridine rings is 1. The molecule has 18 heavy (non-hydrogen) atoms. The van der Waals surface area contributed by atoms with Crippen molar-refractivity contribution in [2.75, 3.05) is 0 Å². The van der Waals surface area contributed by atoms with Gasteiger partial charge >= 0.3 is 5.97 Å². The maximum atomic E-state index is 12.9. The molecule has 1 heterocycles. The first-order valence-electron chi connectivity index (χ1n) is 4.88. The van der Waals surface area contributed by atoms with Crippen LogP contribution in [0.15, 0.2) is 41.1 Å². The molecule has 0 aliphatic heterocycles. The molecule has 1 N–H and O–H groups in total. The van der Waals surface area contributed by atoms with Crippen LogP contribution in [0.25, 0.3) is 0 Å². The number of carboxylic acids is 1. The average Bonchev–Trinajstić information content (AvgIpc) is 2.33. The van der Waals surface area contributed by atoms with Crippen molar-refractivity contribution in [1.29, 1.82) is 0 Å². The van der Waals surface area contributed by atoms with Crippen LogP contribution < -0.4 is 4.74 Å². The van der Waals surface area contributed by atoms with Crippen LogP contribution in [0.3, 0.4) is 0 Å².